The zero-order valence-corrected chi connectivity index (χ0v) is 25.3. The second-order valence-electron chi connectivity index (χ2n) is 7.97. The third kappa shape index (κ3) is 7.37. The smallest absolute Gasteiger partial charge is 0.309 e. The summed E-state index contributed by atoms with van der Waals surface area (Å²) in [7, 11) is -6.30. The zero-order valence-electron chi connectivity index (χ0n) is 21.9. The Balaban J connectivity index is 0.00000121. The van der Waals surface area contributed by atoms with Crippen LogP contribution in [0.15, 0.2) is 36.4 Å². The molecule has 0 bridgehead atoms. The zero-order chi connectivity index (χ0) is 27.1. The molecule has 2 aromatic carbocycles. The molecular formula is C26H34O7P2S2. The highest BCUT2D eigenvalue weighted by Crippen LogP contribution is 2.53. The van der Waals surface area contributed by atoms with Gasteiger partial charge in [0.1, 0.15) is 6.29 Å². The normalized spacial score (nSPS) is 12.2. The number of carbonyl (C=O) groups excluding carboxylic acids is 1. The maximum Gasteiger partial charge on any atom is 0.335 e. The topological polar surface area (TPSA) is 88.1 Å². The minimum absolute atomic E-state index is 0.264. The van der Waals surface area contributed by atoms with Crippen molar-refractivity contribution < 1.29 is 32.0 Å². The van der Waals surface area contributed by atoms with E-state index in [4.69, 9.17) is 22.9 Å². The van der Waals surface area contributed by atoms with Gasteiger partial charge in [-0.25, -0.2) is 0 Å². The maximum atomic E-state index is 13.0. The molecule has 4 rings (SSSR count). The van der Waals surface area contributed by atoms with Crippen LogP contribution in [0, 0.1) is 0 Å². The van der Waals surface area contributed by atoms with Gasteiger partial charge in [-0.05, 0) is 57.9 Å². The van der Waals surface area contributed by atoms with Crippen molar-refractivity contribution in [2.24, 2.45) is 0 Å². The largest absolute Gasteiger partial charge is 0.335 e. The van der Waals surface area contributed by atoms with E-state index in [1.54, 1.807) is 22.7 Å². The van der Waals surface area contributed by atoms with Crippen molar-refractivity contribution in [3.05, 3.63) is 47.5 Å². The molecule has 202 valence electrons. The molecule has 0 saturated heterocycles. The highest BCUT2D eigenvalue weighted by atomic mass is 32.1. The number of benzene rings is 2. The van der Waals surface area contributed by atoms with Gasteiger partial charge in [0.2, 0.25) is 0 Å². The number of fused-ring (bicyclic) bond motifs is 5. The summed E-state index contributed by atoms with van der Waals surface area (Å²) >= 11 is 3.47. The summed E-state index contributed by atoms with van der Waals surface area (Å²) in [6, 6.07) is 12.4. The van der Waals surface area contributed by atoms with Gasteiger partial charge in [0, 0.05) is 20.2 Å². The van der Waals surface area contributed by atoms with Gasteiger partial charge in [-0.1, -0.05) is 24.3 Å². The Bertz CT molecular complexity index is 1320. The van der Waals surface area contributed by atoms with Crippen molar-refractivity contribution in [2.75, 3.05) is 26.4 Å². The predicted octanol–water partition coefficient (Wildman–Crippen LogP) is 9.01. The van der Waals surface area contributed by atoms with Gasteiger partial charge < -0.3 is 22.9 Å². The van der Waals surface area contributed by atoms with Crippen molar-refractivity contribution in [1.29, 1.82) is 0 Å². The van der Waals surface area contributed by atoms with Crippen molar-refractivity contribution >= 4 is 73.7 Å². The maximum absolute atomic E-state index is 13.0. The van der Waals surface area contributed by atoms with Gasteiger partial charge in [-0.15, -0.1) is 22.7 Å². The Morgan fingerprint density at radius 3 is 1.30 bits per heavy atom. The van der Waals surface area contributed by atoms with E-state index in [9.17, 15) is 9.13 Å². The van der Waals surface area contributed by atoms with Crippen LogP contribution in [0.3, 0.4) is 0 Å². The van der Waals surface area contributed by atoms with E-state index in [1.807, 2.05) is 39.8 Å². The van der Waals surface area contributed by atoms with E-state index < -0.39 is 15.2 Å². The lowest BCUT2D eigenvalue weighted by molar-refractivity contribution is -0.106. The quantitative estimate of drug-likeness (QED) is 0.121. The number of hydrogen-bond donors (Lipinski definition) is 0. The fraction of sp³-hybridized carbons (Fsp3) is 0.423. The molecule has 37 heavy (non-hydrogen) atoms. The number of carbonyl (C=O) groups is 1. The first-order valence-corrected chi connectivity index (χ1v) is 17.4. The van der Waals surface area contributed by atoms with Crippen molar-refractivity contribution in [3.63, 3.8) is 0 Å². The number of aldehydes is 1. The summed E-state index contributed by atoms with van der Waals surface area (Å²) in [6.45, 7) is 10.2. The molecule has 0 fully saturated rings. The Kier molecular flexibility index (Phi) is 11.1. The van der Waals surface area contributed by atoms with Gasteiger partial charge in [0.15, 0.2) is 0 Å². The average Bonchev–Trinajstić information content (AvgIpc) is 3.35. The molecule has 4 aromatic rings. The van der Waals surface area contributed by atoms with Gasteiger partial charge in [0.05, 0.1) is 48.2 Å². The molecule has 2 heterocycles. The molecule has 0 aliphatic rings. The summed E-state index contributed by atoms with van der Waals surface area (Å²) in [5, 5.41) is 2.37. The van der Waals surface area contributed by atoms with Gasteiger partial charge in [-0.2, -0.15) is 0 Å². The molecule has 0 atom stereocenters. The Morgan fingerprint density at radius 1 is 0.676 bits per heavy atom. The van der Waals surface area contributed by atoms with Crippen LogP contribution in [0.5, 0.6) is 0 Å². The summed E-state index contributed by atoms with van der Waals surface area (Å²) in [4.78, 5) is 8.81. The molecule has 0 unspecified atom stereocenters. The second kappa shape index (κ2) is 13.6. The molecular weight excluding hydrogens is 550 g/mol. The van der Waals surface area contributed by atoms with E-state index >= 15 is 0 Å². The fourth-order valence-electron chi connectivity index (χ4n) is 4.03. The van der Waals surface area contributed by atoms with Crippen LogP contribution in [-0.4, -0.2) is 32.7 Å². The SMILES string of the molecule is CC=O.CCOP(=O)(Cc1ccc2c(c1)sc1c3ccc(CP(=O)(OCC)OCC)cc3sc21)OCC. The minimum Gasteiger partial charge on any atom is -0.309 e. The molecule has 11 heteroatoms. The van der Waals surface area contributed by atoms with Gasteiger partial charge in [0.25, 0.3) is 0 Å². The molecule has 0 aliphatic carbocycles. The number of rotatable bonds is 12. The lowest BCUT2D eigenvalue weighted by atomic mass is 10.1. The molecule has 0 N–H and O–H groups in total. The Morgan fingerprint density at radius 2 is 1.00 bits per heavy atom. The van der Waals surface area contributed by atoms with E-state index in [0.717, 1.165) is 26.8 Å². The molecule has 0 radical (unpaired) electrons. The Labute approximate surface area is 226 Å². The standard InChI is InChI=1S/C24H30O6P2S2.C2H4O/c1-5-27-31(25,28-6-2)15-17-9-11-19-21(13-17)33-24-20-12-10-18(14-22(20)34-23(19)24)16-32(26,29-7-3)30-8-4;1-2-3/h9-14H,5-8,15-16H2,1-4H3;2H,1H3. The minimum atomic E-state index is -3.15. The van der Waals surface area contributed by atoms with Crippen LogP contribution in [0.2, 0.25) is 0 Å². The van der Waals surface area contributed by atoms with Crippen molar-refractivity contribution in [3.8, 4) is 0 Å². The first-order valence-electron chi connectivity index (χ1n) is 12.3. The molecule has 0 saturated carbocycles. The summed E-state index contributed by atoms with van der Waals surface area (Å²) < 4.78 is 52.5. The third-order valence-corrected chi connectivity index (χ3v) is 11.9. The van der Waals surface area contributed by atoms with Crippen LogP contribution in [-0.2, 0) is 44.3 Å². The summed E-state index contributed by atoms with van der Waals surface area (Å²) in [6.07, 6.45) is 1.28. The number of hydrogen-bond acceptors (Lipinski definition) is 9. The molecule has 2 aromatic heterocycles. The van der Waals surface area contributed by atoms with Crippen molar-refractivity contribution in [1.82, 2.24) is 0 Å². The van der Waals surface area contributed by atoms with Crippen molar-refractivity contribution in [2.45, 2.75) is 46.9 Å². The predicted molar refractivity (Wildman–Crippen MR) is 156 cm³/mol. The van der Waals surface area contributed by atoms with E-state index in [0.29, 0.717) is 26.4 Å². The second-order valence-corrected chi connectivity index (χ2v) is 14.2. The van der Waals surface area contributed by atoms with Crippen LogP contribution >= 0.6 is 37.9 Å². The first kappa shape index (κ1) is 30.1. The average molecular weight is 585 g/mol. The molecule has 0 amide bonds. The van der Waals surface area contributed by atoms with E-state index in [1.165, 1.54) is 27.1 Å². The Hall–Kier alpha value is -1.41. The highest BCUT2D eigenvalue weighted by molar-refractivity contribution is 7.53. The molecule has 7 nitrogen and oxygen atoms in total. The molecule has 0 aliphatic heterocycles. The van der Waals surface area contributed by atoms with Gasteiger partial charge >= 0.3 is 15.2 Å². The first-order chi connectivity index (χ1) is 17.7. The molecule has 0 spiro atoms. The lowest BCUT2D eigenvalue weighted by Gasteiger charge is -2.17. The van der Waals surface area contributed by atoms with Crippen LogP contribution < -0.4 is 0 Å². The van der Waals surface area contributed by atoms with E-state index in [-0.39, 0.29) is 12.3 Å². The van der Waals surface area contributed by atoms with E-state index in [2.05, 4.69) is 24.3 Å². The lowest BCUT2D eigenvalue weighted by Crippen LogP contribution is -1.98. The number of thiophene rings is 2. The van der Waals surface area contributed by atoms with Crippen LogP contribution in [0.25, 0.3) is 29.6 Å². The summed E-state index contributed by atoms with van der Waals surface area (Å²) in [5.41, 5.74) is 1.89. The third-order valence-electron chi connectivity index (χ3n) is 5.27. The van der Waals surface area contributed by atoms with Gasteiger partial charge in [-0.3, -0.25) is 9.13 Å². The fourth-order valence-corrected chi connectivity index (χ4v) is 10.2. The van der Waals surface area contributed by atoms with Crippen LogP contribution in [0.4, 0.5) is 0 Å². The van der Waals surface area contributed by atoms with Crippen LogP contribution in [0.1, 0.15) is 45.7 Å². The monoisotopic (exact) mass is 584 g/mol. The summed E-state index contributed by atoms with van der Waals surface area (Å²) in [5.74, 6) is 0. The highest BCUT2D eigenvalue weighted by Gasteiger charge is 2.26.